The highest BCUT2D eigenvalue weighted by Gasteiger charge is 2.11. The van der Waals surface area contributed by atoms with Crippen molar-refractivity contribution in [2.24, 2.45) is 5.73 Å². The molecule has 2 aromatic carbocycles. The highest BCUT2D eigenvalue weighted by Crippen LogP contribution is 2.28. The third kappa shape index (κ3) is 2.96. The summed E-state index contributed by atoms with van der Waals surface area (Å²) in [4.78, 5) is 2.02. The zero-order valence-electron chi connectivity index (χ0n) is 11.8. The van der Waals surface area contributed by atoms with Crippen molar-refractivity contribution >= 4 is 28.6 Å². The first-order valence-corrected chi connectivity index (χ1v) is 6.70. The fraction of sp³-hybridized carbons (Fsp3) is 0.188. The Balaban J connectivity index is 2.42. The van der Waals surface area contributed by atoms with Crippen LogP contribution in [0.2, 0.25) is 0 Å². The van der Waals surface area contributed by atoms with E-state index >= 15 is 0 Å². The molecule has 20 heavy (non-hydrogen) atoms. The first kappa shape index (κ1) is 14.5. The summed E-state index contributed by atoms with van der Waals surface area (Å²) >= 11 is 4.86. The van der Waals surface area contributed by atoms with Gasteiger partial charge in [0.25, 0.3) is 0 Å². The third-order valence-electron chi connectivity index (χ3n) is 3.19. The van der Waals surface area contributed by atoms with Crippen LogP contribution in [0, 0.1) is 19.7 Å². The van der Waals surface area contributed by atoms with Gasteiger partial charge in [-0.05, 0) is 55.3 Å². The molecule has 0 aliphatic carbocycles. The van der Waals surface area contributed by atoms with Gasteiger partial charge < -0.3 is 10.6 Å². The summed E-state index contributed by atoms with van der Waals surface area (Å²) in [5.41, 5.74) is 9.78. The Morgan fingerprint density at radius 1 is 1.10 bits per heavy atom. The van der Waals surface area contributed by atoms with Gasteiger partial charge in [0.05, 0.1) is 5.69 Å². The van der Waals surface area contributed by atoms with E-state index in [1.807, 2.05) is 37.9 Å². The van der Waals surface area contributed by atoms with Crippen molar-refractivity contribution in [3.63, 3.8) is 0 Å². The summed E-state index contributed by atoms with van der Waals surface area (Å²) in [6.45, 7) is 4.05. The molecule has 0 saturated carbocycles. The second-order valence-electron chi connectivity index (χ2n) is 4.94. The zero-order chi connectivity index (χ0) is 14.9. The summed E-state index contributed by atoms with van der Waals surface area (Å²) in [5.74, 6) is -0.336. The zero-order valence-corrected chi connectivity index (χ0v) is 12.6. The number of nitrogens with two attached hydrogens (primary N) is 1. The average molecular weight is 288 g/mol. The van der Waals surface area contributed by atoms with Crippen LogP contribution in [-0.4, -0.2) is 12.0 Å². The van der Waals surface area contributed by atoms with Gasteiger partial charge in [-0.1, -0.05) is 18.3 Å². The molecule has 2 N–H and O–H groups in total. The van der Waals surface area contributed by atoms with Crippen LogP contribution in [0.1, 0.15) is 16.7 Å². The van der Waals surface area contributed by atoms with Gasteiger partial charge in [0.2, 0.25) is 0 Å². The Bertz CT molecular complexity index is 647. The summed E-state index contributed by atoms with van der Waals surface area (Å²) < 4.78 is 14.2. The van der Waals surface area contributed by atoms with Crippen molar-refractivity contribution in [3.8, 4) is 0 Å². The molecular formula is C16H17FN2S. The van der Waals surface area contributed by atoms with E-state index in [0.717, 1.165) is 16.8 Å². The summed E-state index contributed by atoms with van der Waals surface area (Å²) in [6, 6.07) is 10.9. The molecule has 0 aromatic heterocycles. The molecule has 4 heteroatoms. The van der Waals surface area contributed by atoms with Crippen LogP contribution in [0.25, 0.3) is 0 Å². The number of aryl methyl sites for hydroxylation is 2. The molecule has 2 nitrogen and oxygen atoms in total. The second kappa shape index (κ2) is 5.59. The fourth-order valence-corrected chi connectivity index (χ4v) is 2.34. The summed E-state index contributed by atoms with van der Waals surface area (Å²) in [6.07, 6.45) is 0. The average Bonchev–Trinajstić information content (AvgIpc) is 2.36. The molecular weight excluding hydrogens is 271 g/mol. The highest BCUT2D eigenvalue weighted by atomic mass is 32.1. The Kier molecular flexibility index (Phi) is 4.04. The molecule has 0 amide bonds. The van der Waals surface area contributed by atoms with E-state index in [2.05, 4.69) is 6.07 Å². The molecule has 2 aromatic rings. The maximum atomic E-state index is 14.2. The summed E-state index contributed by atoms with van der Waals surface area (Å²) in [7, 11) is 1.84. The number of benzene rings is 2. The van der Waals surface area contributed by atoms with Crippen LogP contribution in [0.5, 0.6) is 0 Å². The Morgan fingerprint density at radius 2 is 1.70 bits per heavy atom. The van der Waals surface area contributed by atoms with Gasteiger partial charge in [-0.15, -0.1) is 0 Å². The van der Waals surface area contributed by atoms with Crippen LogP contribution in [-0.2, 0) is 0 Å². The number of halogens is 1. The normalized spacial score (nSPS) is 10.4. The van der Waals surface area contributed by atoms with E-state index in [-0.39, 0.29) is 10.8 Å². The van der Waals surface area contributed by atoms with Crippen LogP contribution < -0.4 is 10.6 Å². The molecule has 0 radical (unpaired) electrons. The van der Waals surface area contributed by atoms with Gasteiger partial charge in [0.1, 0.15) is 10.8 Å². The fourth-order valence-electron chi connectivity index (χ4n) is 2.22. The van der Waals surface area contributed by atoms with E-state index in [0.29, 0.717) is 11.3 Å². The largest absolute Gasteiger partial charge is 0.389 e. The van der Waals surface area contributed by atoms with Gasteiger partial charge in [-0.25, -0.2) is 4.39 Å². The predicted molar refractivity (Wildman–Crippen MR) is 86.3 cm³/mol. The first-order chi connectivity index (χ1) is 9.38. The van der Waals surface area contributed by atoms with E-state index in [4.69, 9.17) is 18.0 Å². The van der Waals surface area contributed by atoms with Gasteiger partial charge >= 0.3 is 0 Å². The minimum atomic E-state index is -0.336. The minimum absolute atomic E-state index is 0.199. The molecule has 0 fully saturated rings. The lowest BCUT2D eigenvalue weighted by Crippen LogP contribution is -2.14. The molecule has 0 unspecified atom stereocenters. The monoisotopic (exact) mass is 288 g/mol. The second-order valence-corrected chi connectivity index (χ2v) is 5.38. The van der Waals surface area contributed by atoms with Crippen molar-refractivity contribution < 1.29 is 4.39 Å². The van der Waals surface area contributed by atoms with E-state index in [9.17, 15) is 4.39 Å². The van der Waals surface area contributed by atoms with Crippen molar-refractivity contribution in [1.82, 2.24) is 0 Å². The van der Waals surface area contributed by atoms with Gasteiger partial charge in [0.15, 0.2) is 0 Å². The van der Waals surface area contributed by atoms with Crippen LogP contribution in [0.4, 0.5) is 15.8 Å². The molecule has 2 rings (SSSR count). The number of hydrogen-bond acceptors (Lipinski definition) is 2. The Labute approximate surface area is 124 Å². The Morgan fingerprint density at radius 3 is 2.20 bits per heavy atom. The number of anilines is 2. The van der Waals surface area contributed by atoms with Gasteiger partial charge in [0, 0.05) is 18.3 Å². The molecule has 0 bridgehead atoms. The maximum Gasteiger partial charge on any atom is 0.147 e. The standard InChI is InChI=1S/C16H17FN2S/c1-10-6-11(2)8-13(7-10)19(3)15-5-4-12(16(18)20)9-14(15)17/h4-9H,1-3H3,(H2,18,20). The molecule has 0 heterocycles. The molecule has 0 spiro atoms. The van der Waals surface area contributed by atoms with Crippen molar-refractivity contribution in [2.45, 2.75) is 13.8 Å². The Hall–Kier alpha value is -1.94. The molecule has 0 atom stereocenters. The summed E-state index contributed by atoms with van der Waals surface area (Å²) in [5, 5.41) is 0. The van der Waals surface area contributed by atoms with Crippen LogP contribution >= 0.6 is 12.2 Å². The predicted octanol–water partition coefficient (Wildman–Crippen LogP) is 3.84. The number of thiocarbonyl (C=S) groups is 1. The lowest BCUT2D eigenvalue weighted by atomic mass is 10.1. The lowest BCUT2D eigenvalue weighted by Gasteiger charge is -2.21. The quantitative estimate of drug-likeness (QED) is 0.870. The number of rotatable bonds is 3. The smallest absolute Gasteiger partial charge is 0.147 e. The van der Waals surface area contributed by atoms with Crippen molar-refractivity contribution in [2.75, 3.05) is 11.9 Å². The van der Waals surface area contributed by atoms with E-state index < -0.39 is 0 Å². The van der Waals surface area contributed by atoms with Crippen molar-refractivity contribution in [1.29, 1.82) is 0 Å². The lowest BCUT2D eigenvalue weighted by molar-refractivity contribution is 0.627. The van der Waals surface area contributed by atoms with Gasteiger partial charge in [-0.3, -0.25) is 0 Å². The van der Waals surface area contributed by atoms with E-state index in [1.165, 1.54) is 6.07 Å². The van der Waals surface area contributed by atoms with E-state index in [1.54, 1.807) is 12.1 Å². The topological polar surface area (TPSA) is 29.3 Å². The highest BCUT2D eigenvalue weighted by molar-refractivity contribution is 7.80. The van der Waals surface area contributed by atoms with Crippen molar-refractivity contribution in [3.05, 3.63) is 58.9 Å². The van der Waals surface area contributed by atoms with Gasteiger partial charge in [-0.2, -0.15) is 0 Å². The molecule has 104 valence electrons. The third-order valence-corrected chi connectivity index (χ3v) is 3.42. The van der Waals surface area contributed by atoms with Crippen LogP contribution in [0.15, 0.2) is 36.4 Å². The maximum absolute atomic E-state index is 14.2. The SMILES string of the molecule is Cc1cc(C)cc(N(C)c2ccc(C(N)=S)cc2F)c1. The number of nitrogens with zero attached hydrogens (tertiary/aromatic N) is 1. The number of hydrogen-bond donors (Lipinski definition) is 1. The minimum Gasteiger partial charge on any atom is -0.389 e. The first-order valence-electron chi connectivity index (χ1n) is 6.30. The molecule has 0 aliphatic rings. The molecule has 0 aliphatic heterocycles. The molecule has 0 saturated heterocycles. The van der Waals surface area contributed by atoms with Crippen LogP contribution in [0.3, 0.4) is 0 Å².